The van der Waals surface area contributed by atoms with Crippen LogP contribution in [0.1, 0.15) is 24.1 Å². The van der Waals surface area contributed by atoms with Gasteiger partial charge in [0.1, 0.15) is 5.82 Å². The van der Waals surface area contributed by atoms with E-state index in [0.29, 0.717) is 6.54 Å². The number of carbonyl (C=O) groups is 1. The first kappa shape index (κ1) is 17.8. The van der Waals surface area contributed by atoms with Gasteiger partial charge in [-0.05, 0) is 42.3 Å². The number of benzene rings is 2. The van der Waals surface area contributed by atoms with Crippen LogP contribution in [0, 0.1) is 5.82 Å². The van der Waals surface area contributed by atoms with E-state index in [0.717, 1.165) is 15.6 Å². The van der Waals surface area contributed by atoms with Gasteiger partial charge in [0.15, 0.2) is 0 Å². The number of nitrogens with one attached hydrogen (secondary N) is 1. The molecule has 0 saturated heterocycles. The molecule has 0 heterocycles. The summed E-state index contributed by atoms with van der Waals surface area (Å²) < 4.78 is 14.2. The zero-order valence-electron chi connectivity index (χ0n) is 12.8. The third-order valence-corrected chi connectivity index (χ3v) is 4.28. The zero-order chi connectivity index (χ0) is 17.0. The maximum absolute atomic E-state index is 13.2. The lowest BCUT2D eigenvalue weighted by Crippen LogP contribution is -2.38. The quantitative estimate of drug-likeness (QED) is 0.758. The fourth-order valence-corrected chi connectivity index (χ4v) is 2.55. The monoisotopic (exact) mass is 398 g/mol. The van der Waals surface area contributed by atoms with Gasteiger partial charge in [-0.3, -0.25) is 0 Å². The molecule has 6 heteroatoms. The number of amides is 2. The number of hydrogen-bond donors (Lipinski definition) is 1. The molecule has 2 amide bonds. The van der Waals surface area contributed by atoms with Gasteiger partial charge in [-0.2, -0.15) is 0 Å². The van der Waals surface area contributed by atoms with Gasteiger partial charge < -0.3 is 10.2 Å². The Morgan fingerprint density at radius 2 is 1.96 bits per heavy atom. The molecule has 1 unspecified atom stereocenters. The molecular weight excluding hydrogens is 383 g/mol. The van der Waals surface area contributed by atoms with E-state index in [1.165, 1.54) is 12.1 Å². The fraction of sp³-hybridized carbons (Fsp3) is 0.235. The minimum atomic E-state index is -0.471. The van der Waals surface area contributed by atoms with Crippen LogP contribution >= 0.6 is 27.5 Å². The molecule has 0 aliphatic carbocycles. The summed E-state index contributed by atoms with van der Waals surface area (Å²) in [7, 11) is 1.72. The van der Waals surface area contributed by atoms with Crippen molar-refractivity contribution in [2.75, 3.05) is 7.05 Å². The molecule has 0 aliphatic heterocycles. The molecule has 0 radical (unpaired) electrons. The van der Waals surface area contributed by atoms with Crippen LogP contribution in [0.3, 0.4) is 0 Å². The number of hydrogen-bond acceptors (Lipinski definition) is 1. The van der Waals surface area contributed by atoms with Crippen LogP contribution in [0.2, 0.25) is 5.02 Å². The van der Waals surface area contributed by atoms with Crippen LogP contribution in [-0.2, 0) is 6.54 Å². The maximum Gasteiger partial charge on any atom is 0.317 e. The van der Waals surface area contributed by atoms with Gasteiger partial charge in [0.05, 0.1) is 11.1 Å². The summed E-state index contributed by atoms with van der Waals surface area (Å²) >= 11 is 9.15. The standard InChI is InChI=1S/C17H17BrClFN2O/c1-11(13-5-8-16(20)15(19)9-13)21-17(23)22(2)10-12-3-6-14(18)7-4-12/h3-9,11H,10H2,1-2H3,(H,21,23). The molecule has 1 atom stereocenters. The molecule has 2 aromatic rings. The molecule has 122 valence electrons. The summed E-state index contributed by atoms with van der Waals surface area (Å²) in [5.41, 5.74) is 1.78. The smallest absolute Gasteiger partial charge is 0.317 e. The fourth-order valence-electron chi connectivity index (χ4n) is 2.10. The number of nitrogens with zero attached hydrogens (tertiary/aromatic N) is 1. The summed E-state index contributed by atoms with van der Waals surface area (Å²) in [6.45, 7) is 2.32. The molecule has 3 nitrogen and oxygen atoms in total. The van der Waals surface area contributed by atoms with Crippen LogP contribution in [-0.4, -0.2) is 18.0 Å². The van der Waals surface area contributed by atoms with Gasteiger partial charge in [0, 0.05) is 18.1 Å². The van der Waals surface area contributed by atoms with E-state index < -0.39 is 5.82 Å². The number of urea groups is 1. The van der Waals surface area contributed by atoms with Gasteiger partial charge in [0.2, 0.25) is 0 Å². The predicted octanol–water partition coefficient (Wildman–Crippen LogP) is 5.14. The minimum absolute atomic E-state index is 0.0480. The second-order valence-corrected chi connectivity index (χ2v) is 6.65. The molecular formula is C17H17BrClFN2O. The average molecular weight is 400 g/mol. The van der Waals surface area contributed by atoms with Crippen molar-refractivity contribution >= 4 is 33.6 Å². The molecule has 0 aromatic heterocycles. The topological polar surface area (TPSA) is 32.3 Å². The molecule has 2 aromatic carbocycles. The van der Waals surface area contributed by atoms with Crippen molar-refractivity contribution in [1.29, 1.82) is 0 Å². The van der Waals surface area contributed by atoms with Crippen LogP contribution in [0.4, 0.5) is 9.18 Å². The highest BCUT2D eigenvalue weighted by Gasteiger charge is 2.14. The van der Waals surface area contributed by atoms with E-state index in [-0.39, 0.29) is 17.1 Å². The minimum Gasteiger partial charge on any atom is -0.331 e. The largest absolute Gasteiger partial charge is 0.331 e. The van der Waals surface area contributed by atoms with Gasteiger partial charge in [-0.1, -0.05) is 45.7 Å². The Morgan fingerprint density at radius 1 is 1.30 bits per heavy atom. The summed E-state index contributed by atoms with van der Waals surface area (Å²) in [6, 6.07) is 11.7. The molecule has 0 aliphatic rings. The van der Waals surface area contributed by atoms with E-state index in [1.54, 1.807) is 18.0 Å². The van der Waals surface area contributed by atoms with Crippen molar-refractivity contribution in [1.82, 2.24) is 10.2 Å². The first-order chi connectivity index (χ1) is 10.9. The van der Waals surface area contributed by atoms with Crippen LogP contribution in [0.25, 0.3) is 0 Å². The molecule has 0 fully saturated rings. The van der Waals surface area contributed by atoms with Crippen molar-refractivity contribution in [2.45, 2.75) is 19.5 Å². The average Bonchev–Trinajstić information content (AvgIpc) is 2.52. The van der Waals surface area contributed by atoms with E-state index >= 15 is 0 Å². The second kappa shape index (κ2) is 7.79. The lowest BCUT2D eigenvalue weighted by molar-refractivity contribution is 0.203. The Hall–Kier alpha value is -1.59. The predicted molar refractivity (Wildman–Crippen MR) is 94.0 cm³/mol. The summed E-state index contributed by atoms with van der Waals surface area (Å²) in [4.78, 5) is 13.8. The summed E-state index contributed by atoms with van der Waals surface area (Å²) in [5.74, 6) is -0.471. The third-order valence-electron chi connectivity index (χ3n) is 3.46. The highest BCUT2D eigenvalue weighted by atomic mass is 79.9. The van der Waals surface area contributed by atoms with Crippen molar-refractivity contribution in [2.24, 2.45) is 0 Å². The molecule has 0 saturated carbocycles. The van der Waals surface area contributed by atoms with Crippen molar-refractivity contribution in [3.63, 3.8) is 0 Å². The van der Waals surface area contributed by atoms with E-state index in [1.807, 2.05) is 31.2 Å². The lowest BCUT2D eigenvalue weighted by Gasteiger charge is -2.22. The first-order valence-corrected chi connectivity index (χ1v) is 8.25. The van der Waals surface area contributed by atoms with Crippen LogP contribution < -0.4 is 5.32 Å². The Morgan fingerprint density at radius 3 is 2.57 bits per heavy atom. The molecule has 2 rings (SSSR count). The zero-order valence-corrected chi connectivity index (χ0v) is 15.2. The van der Waals surface area contributed by atoms with E-state index in [4.69, 9.17) is 11.6 Å². The Labute approximate surface area is 148 Å². The Kier molecular flexibility index (Phi) is 6.02. The normalized spacial score (nSPS) is 11.9. The van der Waals surface area contributed by atoms with Crippen molar-refractivity contribution in [3.05, 3.63) is 68.9 Å². The van der Waals surface area contributed by atoms with Crippen molar-refractivity contribution < 1.29 is 9.18 Å². The van der Waals surface area contributed by atoms with E-state index in [9.17, 15) is 9.18 Å². The van der Waals surface area contributed by atoms with Crippen LogP contribution in [0.5, 0.6) is 0 Å². The molecule has 1 N–H and O–H groups in total. The molecule has 23 heavy (non-hydrogen) atoms. The summed E-state index contributed by atoms with van der Waals surface area (Å²) in [5, 5.41) is 2.92. The Bertz CT molecular complexity index is 693. The highest BCUT2D eigenvalue weighted by Crippen LogP contribution is 2.21. The Balaban J connectivity index is 1.96. The molecule has 0 bridgehead atoms. The van der Waals surface area contributed by atoms with Gasteiger partial charge in [0.25, 0.3) is 0 Å². The SMILES string of the molecule is CC(NC(=O)N(C)Cc1ccc(Br)cc1)c1ccc(F)c(Cl)c1. The third kappa shape index (κ3) is 4.94. The number of rotatable bonds is 4. The highest BCUT2D eigenvalue weighted by molar-refractivity contribution is 9.10. The molecule has 0 spiro atoms. The first-order valence-electron chi connectivity index (χ1n) is 7.08. The van der Waals surface area contributed by atoms with Gasteiger partial charge >= 0.3 is 6.03 Å². The van der Waals surface area contributed by atoms with Crippen LogP contribution in [0.15, 0.2) is 46.9 Å². The number of halogens is 3. The number of carbonyl (C=O) groups excluding carboxylic acids is 1. The lowest BCUT2D eigenvalue weighted by atomic mass is 10.1. The van der Waals surface area contributed by atoms with Crippen molar-refractivity contribution in [3.8, 4) is 0 Å². The van der Waals surface area contributed by atoms with E-state index in [2.05, 4.69) is 21.2 Å². The second-order valence-electron chi connectivity index (χ2n) is 5.33. The maximum atomic E-state index is 13.2. The van der Waals surface area contributed by atoms with Gasteiger partial charge in [-0.25, -0.2) is 9.18 Å². The van der Waals surface area contributed by atoms with Gasteiger partial charge in [-0.15, -0.1) is 0 Å². The summed E-state index contributed by atoms with van der Waals surface area (Å²) in [6.07, 6.45) is 0.